The summed E-state index contributed by atoms with van der Waals surface area (Å²) in [5.74, 6) is 13.5. The van der Waals surface area contributed by atoms with Gasteiger partial charge in [0.15, 0.2) is 11.6 Å². The number of hydrogen-bond acceptors (Lipinski definition) is 12. The molecule has 5 N–H and O–H groups in total. The molecule has 0 radical (unpaired) electrons. The molecule has 0 unspecified atom stereocenters. The number of nitrogens with zero attached hydrogens (tertiary/aromatic N) is 9. The second-order valence-corrected chi connectivity index (χ2v) is 18.4. The number of thiophene rings is 2. The zero-order valence-corrected chi connectivity index (χ0v) is 39.7. The first-order valence-electron chi connectivity index (χ1n) is 21.3. The molecule has 68 heavy (non-hydrogen) atoms. The van der Waals surface area contributed by atoms with E-state index in [1.165, 1.54) is 33.7 Å². The van der Waals surface area contributed by atoms with Gasteiger partial charge in [0, 0.05) is 27.7 Å². The van der Waals surface area contributed by atoms with Crippen LogP contribution in [0.15, 0.2) is 134 Å². The van der Waals surface area contributed by atoms with Crippen LogP contribution in [0.1, 0.15) is 41.7 Å². The van der Waals surface area contributed by atoms with E-state index in [1.54, 1.807) is 17.7 Å². The summed E-state index contributed by atoms with van der Waals surface area (Å²) in [6.07, 6.45) is 5.86. The van der Waals surface area contributed by atoms with Gasteiger partial charge in [-0.3, -0.25) is 14.3 Å². The summed E-state index contributed by atoms with van der Waals surface area (Å²) in [6, 6.07) is 36.8. The fraction of sp³-hybridized carbons (Fsp3) is 0.157. The number of nitrogens with one attached hydrogen (secondary N) is 2. The number of rotatable bonds is 9. The Morgan fingerprint density at radius 3 is 1.59 bits per heavy atom. The van der Waals surface area contributed by atoms with Crippen LogP contribution in [-0.4, -0.2) is 74.2 Å². The van der Waals surface area contributed by atoms with E-state index in [2.05, 4.69) is 113 Å². The van der Waals surface area contributed by atoms with Crippen LogP contribution in [0.25, 0.3) is 42.2 Å². The van der Waals surface area contributed by atoms with Crippen LogP contribution in [0, 0.1) is 23.7 Å². The number of anilines is 4. The Morgan fingerprint density at radius 1 is 0.676 bits per heavy atom. The van der Waals surface area contributed by atoms with Crippen LogP contribution in [0.2, 0.25) is 0 Å². The van der Waals surface area contributed by atoms with Crippen molar-refractivity contribution in [3.63, 3.8) is 0 Å². The second-order valence-electron chi connectivity index (χ2n) is 16.3. The molecule has 0 spiro atoms. The molecule has 17 heteroatoms. The Kier molecular flexibility index (Phi) is 14.2. The highest BCUT2D eigenvalue weighted by Crippen LogP contribution is 2.33. The summed E-state index contributed by atoms with van der Waals surface area (Å²) in [4.78, 5) is 32.2. The lowest BCUT2D eigenvalue weighted by Crippen LogP contribution is -2.45. The molecular formula is C51H45ClN12O2S2. The lowest BCUT2D eigenvalue weighted by molar-refractivity contribution is 0.110. The SMILES string of the molecule is CC(C)(C)N(CC#Cc1cc2ncnc(Nc3ccc4c(cnn4Cc4ccccc4)c3)c2s1)C(=O)O.Cl.NCC#Cc1cc2ncnc(Nc3ccc4c(cnn4Cc4ccccc4)c3)c2s1. The maximum absolute atomic E-state index is 11.5. The van der Waals surface area contributed by atoms with Gasteiger partial charge in [-0.2, -0.15) is 10.2 Å². The maximum atomic E-state index is 11.5. The van der Waals surface area contributed by atoms with Crippen LogP contribution in [0.3, 0.4) is 0 Å². The van der Waals surface area contributed by atoms with Crippen molar-refractivity contribution in [1.29, 1.82) is 0 Å². The van der Waals surface area contributed by atoms with E-state index in [4.69, 9.17) is 5.73 Å². The van der Waals surface area contributed by atoms with Crippen molar-refractivity contribution in [2.45, 2.75) is 39.4 Å². The number of nitrogens with two attached hydrogens (primary N) is 1. The quantitative estimate of drug-likeness (QED) is 0.101. The molecule has 0 aliphatic rings. The monoisotopic (exact) mass is 956 g/mol. The fourth-order valence-corrected chi connectivity index (χ4v) is 9.17. The Morgan fingerprint density at radius 2 is 1.15 bits per heavy atom. The molecule has 14 nitrogen and oxygen atoms in total. The number of aromatic nitrogens is 8. The predicted molar refractivity (Wildman–Crippen MR) is 276 cm³/mol. The molecule has 0 saturated heterocycles. The van der Waals surface area contributed by atoms with Crippen LogP contribution >= 0.6 is 35.1 Å². The zero-order chi connectivity index (χ0) is 46.3. The minimum atomic E-state index is -0.988. The molecule has 0 fully saturated rings. The van der Waals surface area contributed by atoms with E-state index in [0.717, 1.165) is 75.7 Å². The van der Waals surface area contributed by atoms with Crippen molar-refractivity contribution in [2.75, 3.05) is 23.7 Å². The van der Waals surface area contributed by atoms with E-state index in [-0.39, 0.29) is 19.0 Å². The number of benzene rings is 4. The lowest BCUT2D eigenvalue weighted by atomic mass is 10.1. The summed E-state index contributed by atoms with van der Waals surface area (Å²) in [5, 5.41) is 27.5. The Hall–Kier alpha value is -7.86. The second kappa shape index (κ2) is 20.8. The minimum absolute atomic E-state index is 0. The Balaban J connectivity index is 0.000000185. The van der Waals surface area contributed by atoms with Crippen molar-refractivity contribution < 1.29 is 9.90 Å². The number of carboxylic acid groups (broad SMARTS) is 1. The first kappa shape index (κ1) is 46.7. The largest absolute Gasteiger partial charge is 0.465 e. The first-order valence-corrected chi connectivity index (χ1v) is 22.9. The molecule has 0 atom stereocenters. The number of halogens is 1. The third kappa shape index (κ3) is 10.9. The van der Waals surface area contributed by atoms with Gasteiger partial charge in [-0.05, 0) is 80.4 Å². The molecule has 0 aliphatic heterocycles. The van der Waals surface area contributed by atoms with Crippen LogP contribution in [0.5, 0.6) is 0 Å². The number of carbonyl (C=O) groups is 1. The highest BCUT2D eigenvalue weighted by molar-refractivity contribution is 7.20. The highest BCUT2D eigenvalue weighted by Gasteiger charge is 2.25. The van der Waals surface area contributed by atoms with Crippen LogP contribution < -0.4 is 16.4 Å². The molecule has 10 rings (SSSR count). The first-order chi connectivity index (χ1) is 32.6. The molecular weight excluding hydrogens is 912 g/mol. The summed E-state index contributed by atoms with van der Waals surface area (Å²) >= 11 is 3.04. The van der Waals surface area contributed by atoms with Gasteiger partial charge >= 0.3 is 6.09 Å². The van der Waals surface area contributed by atoms with Crippen LogP contribution in [-0.2, 0) is 13.1 Å². The molecule has 6 aromatic heterocycles. The average Bonchev–Trinajstić information content (AvgIpc) is 4.13. The molecule has 1 amide bonds. The van der Waals surface area contributed by atoms with Crippen molar-refractivity contribution >= 4 is 106 Å². The molecule has 0 aliphatic carbocycles. The van der Waals surface area contributed by atoms with Gasteiger partial charge in [-0.15, -0.1) is 35.1 Å². The lowest BCUT2D eigenvalue weighted by Gasteiger charge is -2.31. The Labute approximate surface area is 406 Å². The molecule has 0 bridgehead atoms. The number of amides is 1. The zero-order valence-electron chi connectivity index (χ0n) is 37.2. The molecule has 6 heterocycles. The summed E-state index contributed by atoms with van der Waals surface area (Å²) < 4.78 is 5.86. The van der Waals surface area contributed by atoms with E-state index in [0.29, 0.717) is 18.9 Å². The smallest absolute Gasteiger partial charge is 0.408 e. The normalized spacial score (nSPS) is 10.9. The van der Waals surface area contributed by atoms with Crippen molar-refractivity contribution in [2.24, 2.45) is 5.73 Å². The summed E-state index contributed by atoms with van der Waals surface area (Å²) in [6.45, 7) is 7.46. The van der Waals surface area contributed by atoms with Crippen molar-refractivity contribution in [1.82, 2.24) is 44.4 Å². The fourth-order valence-electron chi connectivity index (χ4n) is 7.31. The van der Waals surface area contributed by atoms with E-state index in [9.17, 15) is 9.90 Å². The summed E-state index contributed by atoms with van der Waals surface area (Å²) in [5.41, 5.74) is 13.0. The predicted octanol–water partition coefficient (Wildman–Crippen LogP) is 10.5. The van der Waals surface area contributed by atoms with Crippen molar-refractivity contribution in [3.05, 3.63) is 155 Å². The number of hydrogen-bond donors (Lipinski definition) is 4. The maximum Gasteiger partial charge on any atom is 0.408 e. The van der Waals surface area contributed by atoms with Gasteiger partial charge in [0.25, 0.3) is 0 Å². The highest BCUT2D eigenvalue weighted by atomic mass is 35.5. The van der Waals surface area contributed by atoms with Gasteiger partial charge in [0.05, 0.1) is 79.8 Å². The molecule has 0 saturated carbocycles. The van der Waals surface area contributed by atoms with Crippen molar-refractivity contribution in [3.8, 4) is 23.7 Å². The van der Waals surface area contributed by atoms with Gasteiger partial charge in [0.1, 0.15) is 12.7 Å². The minimum Gasteiger partial charge on any atom is -0.465 e. The Bertz CT molecular complexity index is 3500. The van der Waals surface area contributed by atoms with Gasteiger partial charge in [0.2, 0.25) is 0 Å². The average molecular weight is 958 g/mol. The molecule has 340 valence electrons. The molecule has 10 aromatic rings. The summed E-state index contributed by atoms with van der Waals surface area (Å²) in [7, 11) is 0. The third-order valence-corrected chi connectivity index (χ3v) is 12.7. The van der Waals surface area contributed by atoms with Gasteiger partial charge < -0.3 is 21.5 Å². The molecule has 4 aromatic carbocycles. The van der Waals surface area contributed by atoms with Gasteiger partial charge in [-0.1, -0.05) is 84.3 Å². The van der Waals surface area contributed by atoms with E-state index in [1.807, 2.05) is 103 Å². The van der Waals surface area contributed by atoms with E-state index < -0.39 is 11.6 Å². The van der Waals surface area contributed by atoms with Gasteiger partial charge in [-0.25, -0.2) is 24.7 Å². The topological polar surface area (TPSA) is 178 Å². The third-order valence-electron chi connectivity index (χ3n) is 10.6. The standard InChI is InChI=1S/C28H26N6O2S.C23H18N6S.ClH/c1-28(2,3)33(27(35)36)13-7-10-22-15-23-25(37-22)26(30-18-29-23)32-21-11-12-24-20(14-21)16-31-34(24)17-19-8-5-4-6-9-19;24-10-4-7-19-12-20-22(30-19)23(26-15-25-20)28-18-8-9-21-17(11-18)13-27-29(21)14-16-5-2-1-3-6-16;/h4-6,8-9,11-12,14-16,18H,13,17H2,1-3H3,(H,35,36)(H,29,30,32);1-3,5-6,8-9,11-13,15H,10,14,24H2,(H,25,26,28);1H. The number of fused-ring (bicyclic) bond motifs is 4. The van der Waals surface area contributed by atoms with E-state index >= 15 is 0 Å². The van der Waals surface area contributed by atoms with Crippen LogP contribution in [0.4, 0.5) is 27.8 Å².